The van der Waals surface area contributed by atoms with Gasteiger partial charge in [-0.3, -0.25) is 4.79 Å². The van der Waals surface area contributed by atoms with Crippen LogP contribution in [-0.4, -0.2) is 48.6 Å². The molecule has 0 amide bonds. The van der Waals surface area contributed by atoms with Crippen LogP contribution >= 0.6 is 0 Å². The molecule has 0 aromatic carbocycles. The monoisotopic (exact) mass is 257 g/mol. The van der Waals surface area contributed by atoms with E-state index < -0.39 is 11.5 Å². The van der Waals surface area contributed by atoms with E-state index >= 15 is 0 Å². The summed E-state index contributed by atoms with van der Waals surface area (Å²) in [7, 11) is 0. The maximum atomic E-state index is 11.6. The standard InChI is InChI=1S/C13H23NO4/c1-2-6-14-13(12(15)16)5-3-4-10(7-13)18-11-8-17-9-11/h10-11,14H,2-9H2,1H3,(H,15,16). The first-order valence-electron chi connectivity index (χ1n) is 6.88. The Labute approximate surface area is 108 Å². The predicted octanol–water partition coefficient (Wildman–Crippen LogP) is 1.17. The molecule has 0 bridgehead atoms. The Morgan fingerprint density at radius 3 is 2.83 bits per heavy atom. The molecule has 2 rings (SSSR count). The summed E-state index contributed by atoms with van der Waals surface area (Å²) >= 11 is 0. The molecule has 1 aliphatic carbocycles. The minimum absolute atomic E-state index is 0.0492. The molecule has 0 spiro atoms. The summed E-state index contributed by atoms with van der Waals surface area (Å²) in [6.45, 7) is 4.09. The average Bonchev–Trinajstić information content (AvgIpc) is 2.32. The van der Waals surface area contributed by atoms with Gasteiger partial charge in [0.05, 0.1) is 19.3 Å². The molecule has 5 heteroatoms. The van der Waals surface area contributed by atoms with Crippen molar-refractivity contribution in [3.63, 3.8) is 0 Å². The van der Waals surface area contributed by atoms with Gasteiger partial charge in [0.25, 0.3) is 0 Å². The maximum absolute atomic E-state index is 11.6. The van der Waals surface area contributed by atoms with Crippen molar-refractivity contribution in [1.82, 2.24) is 5.32 Å². The minimum Gasteiger partial charge on any atom is -0.480 e. The number of ether oxygens (including phenoxy) is 2. The third-order valence-electron chi connectivity index (χ3n) is 3.82. The Kier molecular flexibility index (Phi) is 4.59. The van der Waals surface area contributed by atoms with Crippen LogP contribution in [0.1, 0.15) is 39.0 Å². The van der Waals surface area contributed by atoms with Crippen LogP contribution in [0.15, 0.2) is 0 Å². The van der Waals surface area contributed by atoms with Crippen molar-refractivity contribution < 1.29 is 19.4 Å². The Morgan fingerprint density at radius 2 is 2.28 bits per heavy atom. The third-order valence-corrected chi connectivity index (χ3v) is 3.82. The first-order chi connectivity index (χ1) is 8.66. The van der Waals surface area contributed by atoms with E-state index in [2.05, 4.69) is 5.32 Å². The lowest BCUT2D eigenvalue weighted by atomic mass is 9.80. The summed E-state index contributed by atoms with van der Waals surface area (Å²) in [6, 6.07) is 0. The summed E-state index contributed by atoms with van der Waals surface area (Å²) in [5, 5.41) is 12.7. The molecule has 2 aliphatic rings. The molecule has 0 aromatic heterocycles. The van der Waals surface area contributed by atoms with Gasteiger partial charge in [-0.15, -0.1) is 0 Å². The second-order valence-electron chi connectivity index (χ2n) is 5.33. The molecule has 1 heterocycles. The Morgan fingerprint density at radius 1 is 1.50 bits per heavy atom. The van der Waals surface area contributed by atoms with Crippen molar-refractivity contribution in [3.05, 3.63) is 0 Å². The molecular formula is C13H23NO4. The number of nitrogens with one attached hydrogen (secondary N) is 1. The fourth-order valence-electron chi connectivity index (χ4n) is 2.70. The van der Waals surface area contributed by atoms with E-state index in [4.69, 9.17) is 9.47 Å². The number of hydrogen-bond acceptors (Lipinski definition) is 4. The van der Waals surface area contributed by atoms with E-state index in [0.29, 0.717) is 26.1 Å². The van der Waals surface area contributed by atoms with Crippen molar-refractivity contribution in [2.24, 2.45) is 0 Å². The fourth-order valence-corrected chi connectivity index (χ4v) is 2.70. The van der Waals surface area contributed by atoms with Crippen molar-refractivity contribution in [2.75, 3.05) is 19.8 Å². The molecule has 2 fully saturated rings. The third kappa shape index (κ3) is 3.02. The van der Waals surface area contributed by atoms with E-state index in [0.717, 1.165) is 25.8 Å². The summed E-state index contributed by atoms with van der Waals surface area (Å²) in [6.07, 6.45) is 4.29. The Hall–Kier alpha value is -0.650. The lowest BCUT2D eigenvalue weighted by molar-refractivity contribution is -0.172. The highest BCUT2D eigenvalue weighted by Gasteiger charge is 2.43. The van der Waals surface area contributed by atoms with Gasteiger partial charge in [-0.05, 0) is 32.2 Å². The summed E-state index contributed by atoms with van der Waals surface area (Å²) in [4.78, 5) is 11.6. The first kappa shape index (κ1) is 13.8. The Balaban J connectivity index is 1.93. The van der Waals surface area contributed by atoms with E-state index in [-0.39, 0.29) is 12.2 Å². The number of aliphatic carboxylic acids is 1. The van der Waals surface area contributed by atoms with Crippen LogP contribution < -0.4 is 5.32 Å². The smallest absolute Gasteiger partial charge is 0.323 e. The van der Waals surface area contributed by atoms with Crippen molar-refractivity contribution >= 4 is 5.97 Å². The zero-order chi connectivity index (χ0) is 13.0. The van der Waals surface area contributed by atoms with Crippen molar-refractivity contribution in [1.29, 1.82) is 0 Å². The molecule has 0 aromatic rings. The highest BCUT2D eigenvalue weighted by molar-refractivity contribution is 5.79. The second kappa shape index (κ2) is 5.99. The normalized spacial score (nSPS) is 33.1. The molecule has 5 nitrogen and oxygen atoms in total. The van der Waals surface area contributed by atoms with Crippen LogP contribution in [0, 0.1) is 0 Å². The average molecular weight is 257 g/mol. The number of carboxylic acids is 1. The van der Waals surface area contributed by atoms with Gasteiger partial charge in [0, 0.05) is 6.42 Å². The quantitative estimate of drug-likeness (QED) is 0.747. The SMILES string of the molecule is CCCNC1(C(=O)O)CCCC(OC2COC2)C1. The molecule has 1 saturated heterocycles. The van der Waals surface area contributed by atoms with Gasteiger partial charge in [0.15, 0.2) is 0 Å². The van der Waals surface area contributed by atoms with E-state index in [9.17, 15) is 9.90 Å². The van der Waals surface area contributed by atoms with Gasteiger partial charge >= 0.3 is 5.97 Å². The van der Waals surface area contributed by atoms with Gasteiger partial charge in [0.2, 0.25) is 0 Å². The van der Waals surface area contributed by atoms with Crippen LogP contribution in [-0.2, 0) is 14.3 Å². The van der Waals surface area contributed by atoms with Gasteiger partial charge in [-0.25, -0.2) is 0 Å². The molecule has 18 heavy (non-hydrogen) atoms. The molecule has 104 valence electrons. The maximum Gasteiger partial charge on any atom is 0.323 e. The zero-order valence-electron chi connectivity index (χ0n) is 11.0. The van der Waals surface area contributed by atoms with Gasteiger partial charge < -0.3 is 19.9 Å². The van der Waals surface area contributed by atoms with Crippen molar-refractivity contribution in [2.45, 2.75) is 56.8 Å². The van der Waals surface area contributed by atoms with Crippen LogP contribution in [0.2, 0.25) is 0 Å². The van der Waals surface area contributed by atoms with E-state index in [1.165, 1.54) is 0 Å². The summed E-state index contributed by atoms with van der Waals surface area (Å²) in [5.41, 5.74) is -0.788. The summed E-state index contributed by atoms with van der Waals surface area (Å²) in [5.74, 6) is -0.742. The lowest BCUT2D eigenvalue weighted by Crippen LogP contribution is -2.57. The van der Waals surface area contributed by atoms with E-state index in [1.807, 2.05) is 6.92 Å². The first-order valence-corrected chi connectivity index (χ1v) is 6.88. The van der Waals surface area contributed by atoms with Gasteiger partial charge in [-0.2, -0.15) is 0 Å². The predicted molar refractivity (Wildman–Crippen MR) is 66.6 cm³/mol. The molecule has 2 unspecified atom stereocenters. The van der Waals surface area contributed by atoms with Gasteiger partial charge in [-0.1, -0.05) is 6.92 Å². The minimum atomic E-state index is -0.788. The summed E-state index contributed by atoms with van der Waals surface area (Å²) < 4.78 is 11.0. The number of carbonyl (C=O) groups is 1. The second-order valence-corrected chi connectivity index (χ2v) is 5.33. The van der Waals surface area contributed by atoms with Crippen LogP contribution in [0.4, 0.5) is 0 Å². The van der Waals surface area contributed by atoms with Crippen LogP contribution in [0.5, 0.6) is 0 Å². The van der Waals surface area contributed by atoms with Crippen LogP contribution in [0.25, 0.3) is 0 Å². The highest BCUT2D eigenvalue weighted by Crippen LogP contribution is 2.32. The molecule has 2 atom stereocenters. The molecular weight excluding hydrogens is 234 g/mol. The van der Waals surface area contributed by atoms with E-state index in [1.54, 1.807) is 0 Å². The number of carboxylic acid groups (broad SMARTS) is 1. The van der Waals surface area contributed by atoms with Gasteiger partial charge in [0.1, 0.15) is 11.6 Å². The molecule has 1 aliphatic heterocycles. The number of hydrogen-bond donors (Lipinski definition) is 2. The largest absolute Gasteiger partial charge is 0.480 e. The lowest BCUT2D eigenvalue weighted by Gasteiger charge is -2.40. The molecule has 2 N–H and O–H groups in total. The zero-order valence-corrected chi connectivity index (χ0v) is 11.0. The number of rotatable bonds is 6. The Bertz CT molecular complexity index is 293. The highest BCUT2D eigenvalue weighted by atomic mass is 16.6. The molecule has 0 radical (unpaired) electrons. The molecule has 1 saturated carbocycles. The topological polar surface area (TPSA) is 67.8 Å². The van der Waals surface area contributed by atoms with Crippen molar-refractivity contribution in [3.8, 4) is 0 Å². The fraction of sp³-hybridized carbons (Fsp3) is 0.923. The van der Waals surface area contributed by atoms with Crippen LogP contribution in [0.3, 0.4) is 0 Å².